The molecule has 19 heavy (non-hydrogen) atoms. The lowest BCUT2D eigenvalue weighted by atomic mass is 9.98. The van der Waals surface area contributed by atoms with Crippen molar-refractivity contribution in [3.8, 4) is 0 Å². The molecular weight excluding hydrogens is 240 g/mol. The highest BCUT2D eigenvalue weighted by Gasteiger charge is 2.14. The Morgan fingerprint density at radius 2 is 2.05 bits per heavy atom. The number of likely N-dealkylation sites (N-methyl/N-ethyl adjacent to an activating group) is 1. The monoisotopic (exact) mass is 264 g/mol. The Hall–Kier alpha value is -1.39. The molecule has 1 unspecified atom stereocenters. The highest BCUT2D eigenvalue weighted by Crippen LogP contribution is 2.15. The van der Waals surface area contributed by atoms with E-state index in [9.17, 15) is 4.79 Å². The first kappa shape index (κ1) is 15.7. The Morgan fingerprint density at radius 1 is 1.37 bits per heavy atom. The van der Waals surface area contributed by atoms with Gasteiger partial charge in [-0.15, -0.1) is 0 Å². The minimum Gasteiger partial charge on any atom is -0.469 e. The number of nitrogens with zero attached hydrogens (tertiary/aromatic N) is 1. The van der Waals surface area contributed by atoms with Crippen LogP contribution in [0.4, 0.5) is 0 Å². The van der Waals surface area contributed by atoms with Gasteiger partial charge in [-0.3, -0.25) is 4.79 Å². The minimum atomic E-state index is -0.164. The van der Waals surface area contributed by atoms with Crippen LogP contribution in [0.25, 0.3) is 0 Å². The maximum absolute atomic E-state index is 11.2. The normalized spacial score (nSPS) is 12.4. The zero-order valence-corrected chi connectivity index (χ0v) is 11.8. The fourth-order valence-electron chi connectivity index (χ4n) is 2.08. The van der Waals surface area contributed by atoms with Gasteiger partial charge in [0, 0.05) is 25.6 Å². The lowest BCUT2D eigenvalue weighted by Crippen LogP contribution is -2.33. The number of esters is 1. The summed E-state index contributed by atoms with van der Waals surface area (Å²) in [6, 6.07) is 10.3. The molecule has 4 nitrogen and oxygen atoms in total. The third-order valence-corrected chi connectivity index (χ3v) is 3.34. The van der Waals surface area contributed by atoms with Crippen LogP contribution in [0.3, 0.4) is 0 Å². The van der Waals surface area contributed by atoms with Crippen LogP contribution in [-0.2, 0) is 9.53 Å². The van der Waals surface area contributed by atoms with Crippen LogP contribution in [-0.4, -0.2) is 44.2 Å². The molecule has 0 amide bonds. The summed E-state index contributed by atoms with van der Waals surface area (Å²) >= 11 is 0. The second-order valence-corrected chi connectivity index (χ2v) is 4.56. The van der Waals surface area contributed by atoms with E-state index in [1.165, 1.54) is 12.7 Å². The SMILES string of the molecule is CCN(CCC(=O)OC)CC(CN)c1ccccc1. The first-order chi connectivity index (χ1) is 9.21. The summed E-state index contributed by atoms with van der Waals surface area (Å²) in [5.41, 5.74) is 7.12. The van der Waals surface area contributed by atoms with Crippen LogP contribution in [0.2, 0.25) is 0 Å². The van der Waals surface area contributed by atoms with Gasteiger partial charge in [-0.2, -0.15) is 0 Å². The summed E-state index contributed by atoms with van der Waals surface area (Å²) in [5.74, 6) is 0.140. The summed E-state index contributed by atoms with van der Waals surface area (Å²) in [5, 5.41) is 0. The molecule has 0 heterocycles. The third kappa shape index (κ3) is 5.41. The number of carbonyl (C=O) groups excluding carboxylic acids is 1. The Kier molecular flexibility index (Phi) is 7.15. The van der Waals surface area contributed by atoms with Gasteiger partial charge < -0.3 is 15.4 Å². The number of benzene rings is 1. The van der Waals surface area contributed by atoms with Crippen molar-refractivity contribution in [3.05, 3.63) is 35.9 Å². The van der Waals surface area contributed by atoms with Crippen molar-refractivity contribution in [1.29, 1.82) is 0 Å². The molecule has 0 fully saturated rings. The zero-order valence-electron chi connectivity index (χ0n) is 11.8. The van der Waals surface area contributed by atoms with Gasteiger partial charge in [0.15, 0.2) is 0 Å². The van der Waals surface area contributed by atoms with Gasteiger partial charge in [0.05, 0.1) is 13.5 Å². The molecule has 1 aromatic rings. The molecule has 1 atom stereocenters. The summed E-state index contributed by atoms with van der Waals surface area (Å²) in [6.07, 6.45) is 0.427. The smallest absolute Gasteiger partial charge is 0.306 e. The van der Waals surface area contributed by atoms with E-state index in [4.69, 9.17) is 5.73 Å². The Bertz CT molecular complexity index is 368. The molecule has 1 aromatic carbocycles. The van der Waals surface area contributed by atoms with Gasteiger partial charge in [0.2, 0.25) is 0 Å². The van der Waals surface area contributed by atoms with Crippen molar-refractivity contribution in [3.63, 3.8) is 0 Å². The summed E-state index contributed by atoms with van der Waals surface area (Å²) in [6.45, 7) is 5.19. The maximum atomic E-state index is 11.2. The molecule has 0 aliphatic rings. The van der Waals surface area contributed by atoms with Crippen molar-refractivity contribution < 1.29 is 9.53 Å². The number of hydrogen-bond acceptors (Lipinski definition) is 4. The number of ether oxygens (including phenoxy) is 1. The molecule has 0 aliphatic heterocycles. The molecule has 0 spiro atoms. The lowest BCUT2D eigenvalue weighted by Gasteiger charge is -2.25. The fraction of sp³-hybridized carbons (Fsp3) is 0.533. The predicted octanol–water partition coefficient (Wildman–Crippen LogP) is 1.61. The highest BCUT2D eigenvalue weighted by atomic mass is 16.5. The standard InChI is InChI=1S/C15H24N2O2/c1-3-17(10-9-15(18)19-2)12-14(11-16)13-7-5-4-6-8-13/h4-8,14H,3,9-12,16H2,1-2H3. The molecule has 4 heteroatoms. The first-order valence-corrected chi connectivity index (χ1v) is 6.75. The van der Waals surface area contributed by atoms with Gasteiger partial charge in [-0.1, -0.05) is 37.3 Å². The van der Waals surface area contributed by atoms with Crippen LogP contribution in [0.5, 0.6) is 0 Å². The van der Waals surface area contributed by atoms with Crippen LogP contribution in [0.1, 0.15) is 24.8 Å². The number of nitrogens with two attached hydrogens (primary N) is 1. The average Bonchev–Trinajstić information content (AvgIpc) is 2.48. The van der Waals surface area contributed by atoms with E-state index in [0.717, 1.165) is 13.1 Å². The highest BCUT2D eigenvalue weighted by molar-refractivity contribution is 5.69. The van der Waals surface area contributed by atoms with Gasteiger partial charge in [-0.25, -0.2) is 0 Å². The Morgan fingerprint density at radius 3 is 2.58 bits per heavy atom. The second-order valence-electron chi connectivity index (χ2n) is 4.56. The number of carbonyl (C=O) groups is 1. The third-order valence-electron chi connectivity index (χ3n) is 3.34. The molecule has 106 valence electrons. The van der Waals surface area contributed by atoms with E-state index < -0.39 is 0 Å². The maximum Gasteiger partial charge on any atom is 0.306 e. The van der Waals surface area contributed by atoms with Gasteiger partial charge in [0.1, 0.15) is 0 Å². The molecule has 0 aliphatic carbocycles. The molecule has 0 bridgehead atoms. The predicted molar refractivity (Wildman–Crippen MR) is 77.0 cm³/mol. The van der Waals surface area contributed by atoms with Gasteiger partial charge in [0.25, 0.3) is 0 Å². The molecule has 0 saturated carbocycles. The van der Waals surface area contributed by atoms with E-state index in [2.05, 4.69) is 28.7 Å². The van der Waals surface area contributed by atoms with Crippen LogP contribution in [0.15, 0.2) is 30.3 Å². The van der Waals surface area contributed by atoms with Crippen LogP contribution >= 0.6 is 0 Å². The fourth-order valence-corrected chi connectivity index (χ4v) is 2.08. The van der Waals surface area contributed by atoms with Crippen molar-refractivity contribution >= 4 is 5.97 Å². The van der Waals surface area contributed by atoms with E-state index in [0.29, 0.717) is 25.4 Å². The van der Waals surface area contributed by atoms with Crippen LogP contribution < -0.4 is 5.73 Å². The van der Waals surface area contributed by atoms with Crippen molar-refractivity contribution in [2.45, 2.75) is 19.3 Å². The number of rotatable bonds is 8. The Labute approximate surface area is 115 Å². The van der Waals surface area contributed by atoms with Crippen molar-refractivity contribution in [2.24, 2.45) is 5.73 Å². The molecular formula is C15H24N2O2. The first-order valence-electron chi connectivity index (χ1n) is 6.75. The minimum absolute atomic E-state index is 0.164. The second kappa shape index (κ2) is 8.67. The number of hydrogen-bond donors (Lipinski definition) is 1. The summed E-state index contributed by atoms with van der Waals surface area (Å²) in [4.78, 5) is 13.4. The van der Waals surface area contributed by atoms with Crippen molar-refractivity contribution in [2.75, 3.05) is 33.3 Å². The molecule has 0 radical (unpaired) electrons. The van der Waals surface area contributed by atoms with Crippen molar-refractivity contribution in [1.82, 2.24) is 4.90 Å². The summed E-state index contributed by atoms with van der Waals surface area (Å²) < 4.78 is 4.67. The van der Waals surface area contributed by atoms with Crippen LogP contribution in [0, 0.1) is 0 Å². The largest absolute Gasteiger partial charge is 0.469 e. The zero-order chi connectivity index (χ0) is 14.1. The number of methoxy groups -OCH3 is 1. The topological polar surface area (TPSA) is 55.6 Å². The summed E-state index contributed by atoms with van der Waals surface area (Å²) in [7, 11) is 1.42. The molecule has 2 N–H and O–H groups in total. The van der Waals surface area contributed by atoms with Gasteiger partial charge >= 0.3 is 5.97 Å². The van der Waals surface area contributed by atoms with Gasteiger partial charge in [-0.05, 0) is 12.1 Å². The molecule has 0 aromatic heterocycles. The van der Waals surface area contributed by atoms with E-state index in [1.807, 2.05) is 18.2 Å². The van der Waals surface area contributed by atoms with E-state index in [-0.39, 0.29) is 5.97 Å². The molecule has 0 saturated heterocycles. The van der Waals surface area contributed by atoms with E-state index in [1.54, 1.807) is 0 Å². The van der Waals surface area contributed by atoms with E-state index >= 15 is 0 Å². The Balaban J connectivity index is 2.55. The quantitative estimate of drug-likeness (QED) is 0.725. The average molecular weight is 264 g/mol. The molecule has 1 rings (SSSR count). The lowest BCUT2D eigenvalue weighted by molar-refractivity contribution is -0.141.